The Hall–Kier alpha value is -0.830. The van der Waals surface area contributed by atoms with Gasteiger partial charge in [-0.1, -0.05) is 50.6 Å². The van der Waals surface area contributed by atoms with E-state index in [1.807, 2.05) is 18.5 Å². The van der Waals surface area contributed by atoms with E-state index < -0.39 is 0 Å². The fourth-order valence-corrected chi connectivity index (χ4v) is 3.49. The molecule has 0 N–H and O–H groups in total. The lowest BCUT2D eigenvalue weighted by Crippen LogP contribution is -2.15. The van der Waals surface area contributed by atoms with Crippen LogP contribution in [-0.2, 0) is 24.2 Å². The van der Waals surface area contributed by atoms with E-state index in [9.17, 15) is 4.79 Å². The molecule has 1 aliphatic rings. The lowest BCUT2D eigenvalue weighted by atomic mass is 9.85. The van der Waals surface area contributed by atoms with Crippen molar-refractivity contribution in [2.24, 2.45) is 5.92 Å². The molecular formula is C16H25ClN2O. The second-order valence-electron chi connectivity index (χ2n) is 5.80. The Balaban J connectivity index is 2.01. The van der Waals surface area contributed by atoms with E-state index in [-0.39, 0.29) is 0 Å². The van der Waals surface area contributed by atoms with E-state index in [2.05, 4.69) is 5.10 Å². The number of aryl methyl sites for hydroxylation is 2. The molecule has 20 heavy (non-hydrogen) atoms. The van der Waals surface area contributed by atoms with Crippen molar-refractivity contribution >= 4 is 17.4 Å². The van der Waals surface area contributed by atoms with Gasteiger partial charge in [0.25, 0.3) is 0 Å². The van der Waals surface area contributed by atoms with Crippen molar-refractivity contribution in [3.05, 3.63) is 16.4 Å². The van der Waals surface area contributed by atoms with Crippen molar-refractivity contribution in [2.75, 3.05) is 0 Å². The molecule has 0 unspecified atom stereocenters. The summed E-state index contributed by atoms with van der Waals surface area (Å²) in [7, 11) is 0. The van der Waals surface area contributed by atoms with Gasteiger partial charge in [0.15, 0.2) is 0 Å². The van der Waals surface area contributed by atoms with Gasteiger partial charge in [-0.15, -0.1) is 0 Å². The smallest absolute Gasteiger partial charge is 0.139 e. The number of hydrogen-bond donors (Lipinski definition) is 0. The minimum absolute atomic E-state index is 0.316. The first kappa shape index (κ1) is 15.6. The fourth-order valence-electron chi connectivity index (χ4n) is 3.16. The van der Waals surface area contributed by atoms with Crippen molar-refractivity contribution in [3.8, 4) is 0 Å². The summed E-state index contributed by atoms with van der Waals surface area (Å²) < 4.78 is 1.89. The number of carbonyl (C=O) groups excluding carboxylic acids is 1. The highest BCUT2D eigenvalue weighted by Crippen LogP contribution is 2.28. The summed E-state index contributed by atoms with van der Waals surface area (Å²) in [5.74, 6) is 0.912. The third kappa shape index (κ3) is 3.63. The first-order chi connectivity index (χ1) is 9.65. The number of nitrogens with zero attached hydrogens (tertiary/aromatic N) is 2. The highest BCUT2D eigenvalue weighted by atomic mass is 35.5. The largest absolute Gasteiger partial charge is 0.299 e. The highest BCUT2D eigenvalue weighted by molar-refractivity contribution is 6.32. The molecule has 1 aromatic heterocycles. The maximum absolute atomic E-state index is 12.3. The van der Waals surface area contributed by atoms with Gasteiger partial charge in [-0.25, -0.2) is 0 Å². The Labute approximate surface area is 126 Å². The number of hydrogen-bond acceptors (Lipinski definition) is 2. The zero-order chi connectivity index (χ0) is 14.5. The second kappa shape index (κ2) is 7.26. The van der Waals surface area contributed by atoms with Crippen molar-refractivity contribution in [2.45, 2.75) is 71.8 Å². The zero-order valence-electron chi connectivity index (χ0n) is 12.6. The van der Waals surface area contributed by atoms with Crippen LogP contribution >= 0.6 is 11.6 Å². The minimum atomic E-state index is 0.316. The predicted molar refractivity (Wildman–Crippen MR) is 82.2 cm³/mol. The molecule has 0 atom stereocenters. The first-order valence-corrected chi connectivity index (χ1v) is 8.29. The third-order valence-corrected chi connectivity index (χ3v) is 4.74. The summed E-state index contributed by atoms with van der Waals surface area (Å²) in [5.41, 5.74) is 1.82. The van der Waals surface area contributed by atoms with Gasteiger partial charge in [0.05, 0.1) is 16.4 Å². The van der Waals surface area contributed by atoms with Crippen LogP contribution in [0.3, 0.4) is 0 Å². The first-order valence-electron chi connectivity index (χ1n) is 7.91. The van der Waals surface area contributed by atoms with Gasteiger partial charge in [-0.3, -0.25) is 9.48 Å². The molecule has 1 aliphatic carbocycles. The lowest BCUT2D eigenvalue weighted by molar-refractivity contribution is -0.119. The summed E-state index contributed by atoms with van der Waals surface area (Å²) >= 11 is 6.36. The zero-order valence-corrected chi connectivity index (χ0v) is 13.4. The maximum Gasteiger partial charge on any atom is 0.139 e. The topological polar surface area (TPSA) is 34.9 Å². The Morgan fingerprint density at radius 3 is 2.60 bits per heavy atom. The van der Waals surface area contributed by atoms with E-state index in [0.717, 1.165) is 24.4 Å². The molecule has 1 fully saturated rings. The third-order valence-electron chi connectivity index (χ3n) is 4.30. The van der Waals surface area contributed by atoms with Crippen LogP contribution < -0.4 is 0 Å². The summed E-state index contributed by atoms with van der Waals surface area (Å²) in [6, 6.07) is 0. The fraction of sp³-hybridized carbons (Fsp3) is 0.750. The molecule has 0 radical (unpaired) electrons. The quantitative estimate of drug-likeness (QED) is 0.788. The van der Waals surface area contributed by atoms with E-state index in [4.69, 9.17) is 11.6 Å². The van der Waals surface area contributed by atoms with Crippen molar-refractivity contribution in [3.63, 3.8) is 0 Å². The van der Waals surface area contributed by atoms with Crippen LogP contribution in [0.2, 0.25) is 5.02 Å². The number of rotatable bonds is 6. The van der Waals surface area contributed by atoms with E-state index in [1.165, 1.54) is 32.1 Å². The lowest BCUT2D eigenvalue weighted by Gasteiger charge is -2.20. The van der Waals surface area contributed by atoms with E-state index >= 15 is 0 Å². The molecule has 0 spiro atoms. The molecule has 1 aromatic rings. The molecule has 1 heterocycles. The van der Waals surface area contributed by atoms with Gasteiger partial charge in [-0.05, 0) is 19.3 Å². The van der Waals surface area contributed by atoms with Crippen LogP contribution in [0.1, 0.15) is 63.8 Å². The van der Waals surface area contributed by atoms with Crippen LogP contribution in [0.15, 0.2) is 0 Å². The number of carbonyl (C=O) groups is 1. The molecule has 0 aliphatic heterocycles. The second-order valence-corrected chi connectivity index (χ2v) is 6.18. The molecular weight excluding hydrogens is 272 g/mol. The van der Waals surface area contributed by atoms with Gasteiger partial charge < -0.3 is 0 Å². The van der Waals surface area contributed by atoms with Crippen molar-refractivity contribution in [1.82, 2.24) is 9.78 Å². The SMILES string of the molecule is CCc1nn(CC)c(CC(=O)CC2CCCCC2)c1Cl. The molecule has 4 heteroatoms. The molecule has 0 bridgehead atoms. The number of Topliss-reactive ketones (excluding diaryl/α,β-unsaturated/α-hetero) is 1. The molecule has 3 nitrogen and oxygen atoms in total. The molecule has 112 valence electrons. The van der Waals surface area contributed by atoms with Crippen LogP contribution in [0.5, 0.6) is 0 Å². The molecule has 2 rings (SSSR count). The number of ketones is 1. The van der Waals surface area contributed by atoms with Gasteiger partial charge in [-0.2, -0.15) is 5.10 Å². The molecule has 0 aromatic carbocycles. The van der Waals surface area contributed by atoms with Gasteiger partial charge in [0.1, 0.15) is 5.78 Å². The Morgan fingerprint density at radius 1 is 1.30 bits per heavy atom. The highest BCUT2D eigenvalue weighted by Gasteiger charge is 2.21. The normalized spacial score (nSPS) is 16.6. The van der Waals surface area contributed by atoms with E-state index in [1.54, 1.807) is 0 Å². The summed E-state index contributed by atoms with van der Waals surface area (Å²) in [6.07, 6.45) is 8.30. The Morgan fingerprint density at radius 2 is 2.00 bits per heavy atom. The van der Waals surface area contributed by atoms with Crippen LogP contribution in [0.25, 0.3) is 0 Å². The molecule has 1 saturated carbocycles. The van der Waals surface area contributed by atoms with Crippen LogP contribution in [0, 0.1) is 5.92 Å². The Kier molecular flexibility index (Phi) is 5.64. The summed E-state index contributed by atoms with van der Waals surface area (Å²) in [4.78, 5) is 12.3. The standard InChI is InChI=1S/C16H25ClN2O/c1-3-14-16(17)15(19(4-2)18-14)11-13(20)10-12-8-6-5-7-9-12/h12H,3-11H2,1-2H3. The average molecular weight is 297 g/mol. The monoisotopic (exact) mass is 296 g/mol. The van der Waals surface area contributed by atoms with Crippen LogP contribution in [0.4, 0.5) is 0 Å². The average Bonchev–Trinajstić information content (AvgIpc) is 2.76. The minimum Gasteiger partial charge on any atom is -0.299 e. The number of halogens is 1. The van der Waals surface area contributed by atoms with Gasteiger partial charge in [0, 0.05) is 19.4 Å². The van der Waals surface area contributed by atoms with Crippen LogP contribution in [-0.4, -0.2) is 15.6 Å². The van der Waals surface area contributed by atoms with E-state index in [0.29, 0.717) is 29.6 Å². The molecule has 0 saturated heterocycles. The maximum atomic E-state index is 12.3. The molecule has 0 amide bonds. The van der Waals surface area contributed by atoms with Gasteiger partial charge >= 0.3 is 0 Å². The van der Waals surface area contributed by atoms with Crippen molar-refractivity contribution < 1.29 is 4.79 Å². The Bertz CT molecular complexity index is 461. The van der Waals surface area contributed by atoms with Crippen molar-refractivity contribution in [1.29, 1.82) is 0 Å². The van der Waals surface area contributed by atoms with Gasteiger partial charge in [0.2, 0.25) is 0 Å². The summed E-state index contributed by atoms with van der Waals surface area (Å²) in [5, 5.41) is 5.18. The predicted octanol–water partition coefficient (Wildman–Crippen LogP) is 4.20. The summed E-state index contributed by atoms with van der Waals surface area (Å²) in [6.45, 7) is 4.85. The number of aromatic nitrogens is 2.